The third-order valence-electron chi connectivity index (χ3n) is 3.65. The zero-order valence-corrected chi connectivity index (χ0v) is 16.0. The van der Waals surface area contributed by atoms with E-state index in [2.05, 4.69) is 9.71 Å². The molecule has 2 heterocycles. The number of hydrogen-bond donors (Lipinski definition) is 1. The number of pyridine rings is 1. The van der Waals surface area contributed by atoms with Crippen molar-refractivity contribution in [1.82, 2.24) is 4.98 Å². The van der Waals surface area contributed by atoms with E-state index in [0.29, 0.717) is 17.3 Å². The maximum Gasteiger partial charge on any atom is 0.263 e. The van der Waals surface area contributed by atoms with Gasteiger partial charge in [-0.05, 0) is 30.3 Å². The molecule has 0 aliphatic carbocycles. The van der Waals surface area contributed by atoms with E-state index in [-0.39, 0.29) is 21.9 Å². The molecule has 0 saturated heterocycles. The standard InChI is InChI=1S/C16H16ClN3O3S2/c1-10-9-20(11(2)21)14-7-13(4-5-15(14)24-10)25(22,23)19-16-6-3-12(17)8-18-16/h3-8,10H,9H2,1-2H3,(H,18,19). The highest BCUT2D eigenvalue weighted by Crippen LogP contribution is 2.39. The molecule has 0 fully saturated rings. The number of aromatic nitrogens is 1. The van der Waals surface area contributed by atoms with Crippen molar-refractivity contribution in [3.05, 3.63) is 41.6 Å². The van der Waals surface area contributed by atoms with E-state index in [1.54, 1.807) is 28.8 Å². The van der Waals surface area contributed by atoms with Crippen molar-refractivity contribution in [3.8, 4) is 0 Å². The van der Waals surface area contributed by atoms with E-state index in [1.165, 1.54) is 31.3 Å². The third kappa shape index (κ3) is 3.91. The zero-order chi connectivity index (χ0) is 18.2. The molecule has 0 bridgehead atoms. The summed E-state index contributed by atoms with van der Waals surface area (Å²) in [7, 11) is -3.83. The van der Waals surface area contributed by atoms with Crippen LogP contribution in [0.5, 0.6) is 0 Å². The fourth-order valence-electron chi connectivity index (χ4n) is 2.52. The Balaban J connectivity index is 1.96. The van der Waals surface area contributed by atoms with Crippen molar-refractivity contribution in [2.24, 2.45) is 0 Å². The van der Waals surface area contributed by atoms with Crippen LogP contribution in [0.25, 0.3) is 0 Å². The molecule has 0 saturated carbocycles. The molecule has 1 aliphatic rings. The number of nitrogens with one attached hydrogen (secondary N) is 1. The lowest BCUT2D eigenvalue weighted by Crippen LogP contribution is -2.37. The van der Waals surface area contributed by atoms with E-state index >= 15 is 0 Å². The van der Waals surface area contributed by atoms with Crippen LogP contribution in [0, 0.1) is 0 Å². The van der Waals surface area contributed by atoms with Crippen LogP contribution in [0.15, 0.2) is 46.3 Å². The van der Waals surface area contributed by atoms with Gasteiger partial charge in [-0.15, -0.1) is 11.8 Å². The minimum absolute atomic E-state index is 0.0735. The Morgan fingerprint density at radius 1 is 1.36 bits per heavy atom. The molecule has 0 radical (unpaired) electrons. The lowest BCUT2D eigenvalue weighted by Gasteiger charge is -2.32. The average Bonchev–Trinajstić information content (AvgIpc) is 2.55. The predicted octanol–water partition coefficient (Wildman–Crippen LogP) is 3.38. The molecule has 25 heavy (non-hydrogen) atoms. The second kappa shape index (κ2) is 6.86. The Labute approximate surface area is 155 Å². The van der Waals surface area contributed by atoms with E-state index in [9.17, 15) is 13.2 Å². The molecule has 132 valence electrons. The van der Waals surface area contributed by atoms with Crippen molar-refractivity contribution in [2.75, 3.05) is 16.2 Å². The monoisotopic (exact) mass is 397 g/mol. The van der Waals surface area contributed by atoms with Crippen LogP contribution < -0.4 is 9.62 Å². The van der Waals surface area contributed by atoms with Gasteiger partial charge in [0.15, 0.2) is 0 Å². The van der Waals surface area contributed by atoms with Gasteiger partial charge in [-0.1, -0.05) is 18.5 Å². The topological polar surface area (TPSA) is 79.4 Å². The molecule has 2 aromatic rings. The quantitative estimate of drug-likeness (QED) is 0.858. The molecule has 6 nitrogen and oxygen atoms in total. The van der Waals surface area contributed by atoms with Crippen molar-refractivity contribution in [2.45, 2.75) is 28.9 Å². The summed E-state index contributed by atoms with van der Waals surface area (Å²) in [5, 5.41) is 0.662. The van der Waals surface area contributed by atoms with Crippen molar-refractivity contribution >= 4 is 50.8 Å². The van der Waals surface area contributed by atoms with Crippen LogP contribution in [0.3, 0.4) is 0 Å². The van der Waals surface area contributed by atoms with Gasteiger partial charge < -0.3 is 4.90 Å². The first kappa shape index (κ1) is 18.0. The maximum atomic E-state index is 12.6. The Morgan fingerprint density at radius 2 is 2.12 bits per heavy atom. The molecule has 1 aromatic carbocycles. The minimum atomic E-state index is -3.83. The molecule has 9 heteroatoms. The van der Waals surface area contributed by atoms with Crippen LogP contribution in [0.2, 0.25) is 5.02 Å². The van der Waals surface area contributed by atoms with Gasteiger partial charge in [0.05, 0.1) is 15.6 Å². The van der Waals surface area contributed by atoms with Gasteiger partial charge in [-0.2, -0.15) is 0 Å². The second-order valence-corrected chi connectivity index (χ2v) is 9.25. The maximum absolute atomic E-state index is 12.6. The fraction of sp³-hybridized carbons (Fsp3) is 0.250. The molecular formula is C16H16ClN3O3S2. The predicted molar refractivity (Wildman–Crippen MR) is 99.8 cm³/mol. The number of sulfonamides is 1. The Hall–Kier alpha value is -1.77. The van der Waals surface area contributed by atoms with Crippen molar-refractivity contribution in [3.63, 3.8) is 0 Å². The fourth-order valence-corrected chi connectivity index (χ4v) is 4.75. The molecule has 1 amide bonds. The number of fused-ring (bicyclic) bond motifs is 1. The van der Waals surface area contributed by atoms with E-state index in [4.69, 9.17) is 11.6 Å². The minimum Gasteiger partial charge on any atom is -0.310 e. The molecule has 1 aliphatic heterocycles. The molecule has 1 unspecified atom stereocenters. The number of carbonyl (C=O) groups excluding carboxylic acids is 1. The number of halogens is 1. The molecular weight excluding hydrogens is 382 g/mol. The molecule has 0 spiro atoms. The Morgan fingerprint density at radius 3 is 2.76 bits per heavy atom. The van der Waals surface area contributed by atoms with Crippen LogP contribution in [0.1, 0.15) is 13.8 Å². The van der Waals surface area contributed by atoms with Gasteiger partial charge in [-0.25, -0.2) is 13.4 Å². The first-order valence-electron chi connectivity index (χ1n) is 7.49. The average molecular weight is 398 g/mol. The number of carbonyl (C=O) groups is 1. The lowest BCUT2D eigenvalue weighted by atomic mass is 10.2. The van der Waals surface area contributed by atoms with Gasteiger partial charge in [-0.3, -0.25) is 9.52 Å². The largest absolute Gasteiger partial charge is 0.310 e. The highest BCUT2D eigenvalue weighted by Gasteiger charge is 2.27. The molecule has 1 atom stereocenters. The van der Waals surface area contributed by atoms with Gasteiger partial charge in [0, 0.05) is 29.8 Å². The molecule has 1 N–H and O–H groups in total. The summed E-state index contributed by atoms with van der Waals surface area (Å²) < 4.78 is 27.7. The SMILES string of the molecule is CC(=O)N1CC(C)Sc2ccc(S(=O)(=O)Nc3ccc(Cl)cn3)cc21. The summed E-state index contributed by atoms with van der Waals surface area (Å²) in [6, 6.07) is 7.82. The first-order chi connectivity index (χ1) is 11.8. The number of nitrogens with zero attached hydrogens (tertiary/aromatic N) is 2. The number of anilines is 2. The summed E-state index contributed by atoms with van der Waals surface area (Å²) in [6.07, 6.45) is 1.36. The Bertz CT molecular complexity index is 917. The Kier molecular flexibility index (Phi) is 4.95. The lowest BCUT2D eigenvalue weighted by molar-refractivity contribution is -0.116. The van der Waals surface area contributed by atoms with E-state index in [0.717, 1.165) is 4.90 Å². The number of hydrogen-bond acceptors (Lipinski definition) is 5. The zero-order valence-electron chi connectivity index (χ0n) is 13.6. The van der Waals surface area contributed by atoms with E-state index in [1.807, 2.05) is 6.92 Å². The normalized spacial score (nSPS) is 17.1. The van der Waals surface area contributed by atoms with Crippen LogP contribution in [-0.2, 0) is 14.8 Å². The summed E-state index contributed by atoms with van der Waals surface area (Å²) in [5.74, 6) is 0.0591. The van der Waals surface area contributed by atoms with Crippen LogP contribution >= 0.6 is 23.4 Å². The third-order valence-corrected chi connectivity index (χ3v) is 6.37. The number of thioether (sulfide) groups is 1. The van der Waals surface area contributed by atoms with Crippen molar-refractivity contribution < 1.29 is 13.2 Å². The van der Waals surface area contributed by atoms with Crippen LogP contribution in [0.4, 0.5) is 11.5 Å². The number of amides is 1. The van der Waals surface area contributed by atoms with Gasteiger partial charge >= 0.3 is 0 Å². The molecule has 3 rings (SSSR count). The van der Waals surface area contributed by atoms with Crippen molar-refractivity contribution in [1.29, 1.82) is 0 Å². The summed E-state index contributed by atoms with van der Waals surface area (Å²) in [6.45, 7) is 4.05. The second-order valence-electron chi connectivity index (χ2n) is 5.65. The summed E-state index contributed by atoms with van der Waals surface area (Å²) >= 11 is 7.38. The van der Waals surface area contributed by atoms with E-state index < -0.39 is 10.0 Å². The number of benzene rings is 1. The smallest absolute Gasteiger partial charge is 0.263 e. The van der Waals surface area contributed by atoms with Gasteiger partial charge in [0.1, 0.15) is 5.82 Å². The number of rotatable bonds is 3. The summed E-state index contributed by atoms with van der Waals surface area (Å²) in [5.41, 5.74) is 0.613. The first-order valence-corrected chi connectivity index (χ1v) is 10.2. The summed E-state index contributed by atoms with van der Waals surface area (Å²) in [4.78, 5) is 18.4. The van der Waals surface area contributed by atoms with Gasteiger partial charge in [0.2, 0.25) is 5.91 Å². The highest BCUT2D eigenvalue weighted by molar-refractivity contribution is 8.00. The molecule has 1 aromatic heterocycles. The van der Waals surface area contributed by atoms with Gasteiger partial charge in [0.25, 0.3) is 10.0 Å². The van der Waals surface area contributed by atoms with Crippen LogP contribution in [-0.4, -0.2) is 31.1 Å². The highest BCUT2D eigenvalue weighted by atomic mass is 35.5.